The van der Waals surface area contributed by atoms with Gasteiger partial charge in [0.15, 0.2) is 11.3 Å². The molecule has 11 heteroatoms. The first-order chi connectivity index (χ1) is 13.7. The van der Waals surface area contributed by atoms with E-state index in [1.807, 2.05) is 6.92 Å². The maximum absolute atomic E-state index is 13.5. The Morgan fingerprint density at radius 1 is 1.31 bits per heavy atom. The van der Waals surface area contributed by atoms with Crippen molar-refractivity contribution in [3.63, 3.8) is 0 Å². The van der Waals surface area contributed by atoms with E-state index in [2.05, 4.69) is 38.9 Å². The Morgan fingerprint density at radius 2 is 2.07 bits per heavy atom. The number of aromatic amines is 1. The van der Waals surface area contributed by atoms with Gasteiger partial charge in [0.05, 0.1) is 18.1 Å². The summed E-state index contributed by atoms with van der Waals surface area (Å²) in [5, 5.41) is 5.06. The van der Waals surface area contributed by atoms with Crippen molar-refractivity contribution in [2.75, 3.05) is 11.4 Å². The van der Waals surface area contributed by atoms with Gasteiger partial charge in [0.25, 0.3) is 0 Å². The molecule has 1 aliphatic rings. The van der Waals surface area contributed by atoms with Crippen LogP contribution in [-0.4, -0.2) is 36.3 Å². The SMILES string of the molecule is Cc1nn(CC(C)C)c(Cl)c1C1CCCN1c1nc(C(F)(F)F)c2[nH]cnc2n1. The predicted octanol–water partition coefficient (Wildman–Crippen LogP) is 4.53. The Kier molecular flexibility index (Phi) is 4.92. The van der Waals surface area contributed by atoms with Crippen LogP contribution in [0.25, 0.3) is 11.2 Å². The number of nitrogens with one attached hydrogen (secondary N) is 1. The minimum atomic E-state index is -4.62. The van der Waals surface area contributed by atoms with Gasteiger partial charge in [-0.15, -0.1) is 0 Å². The van der Waals surface area contributed by atoms with Crippen molar-refractivity contribution in [2.24, 2.45) is 5.92 Å². The molecule has 4 rings (SSSR count). The lowest BCUT2D eigenvalue weighted by Crippen LogP contribution is -2.26. The molecule has 7 nitrogen and oxygen atoms in total. The third-order valence-electron chi connectivity index (χ3n) is 5.03. The molecule has 0 aliphatic carbocycles. The molecule has 0 aromatic carbocycles. The number of hydrogen-bond acceptors (Lipinski definition) is 5. The lowest BCUT2D eigenvalue weighted by Gasteiger charge is -2.25. The van der Waals surface area contributed by atoms with Crippen molar-refractivity contribution in [1.29, 1.82) is 0 Å². The van der Waals surface area contributed by atoms with Gasteiger partial charge in [-0.25, -0.2) is 9.97 Å². The fourth-order valence-electron chi connectivity index (χ4n) is 3.87. The second-order valence-corrected chi connectivity index (χ2v) is 8.05. The summed E-state index contributed by atoms with van der Waals surface area (Å²) in [5.74, 6) is 0.366. The highest BCUT2D eigenvalue weighted by Gasteiger charge is 2.39. The first kappa shape index (κ1) is 19.9. The van der Waals surface area contributed by atoms with E-state index in [4.69, 9.17) is 11.6 Å². The van der Waals surface area contributed by atoms with Crippen LogP contribution in [0.1, 0.15) is 49.7 Å². The molecule has 1 N–H and O–H groups in total. The van der Waals surface area contributed by atoms with Crippen molar-refractivity contribution in [2.45, 2.75) is 52.4 Å². The summed E-state index contributed by atoms with van der Waals surface area (Å²) in [6, 6.07) is -0.235. The Morgan fingerprint density at radius 3 is 2.76 bits per heavy atom. The highest BCUT2D eigenvalue weighted by molar-refractivity contribution is 6.30. The molecule has 156 valence electrons. The molecule has 1 unspecified atom stereocenters. The van der Waals surface area contributed by atoms with Gasteiger partial charge in [-0.3, -0.25) is 4.68 Å². The number of anilines is 1. The Balaban J connectivity index is 1.78. The molecule has 1 atom stereocenters. The third kappa shape index (κ3) is 3.54. The van der Waals surface area contributed by atoms with Crippen molar-refractivity contribution in [3.8, 4) is 0 Å². The van der Waals surface area contributed by atoms with Crippen LogP contribution < -0.4 is 4.90 Å². The molecule has 0 amide bonds. The Labute approximate surface area is 170 Å². The van der Waals surface area contributed by atoms with Crippen molar-refractivity contribution in [3.05, 3.63) is 28.4 Å². The van der Waals surface area contributed by atoms with Crippen molar-refractivity contribution >= 4 is 28.7 Å². The van der Waals surface area contributed by atoms with Gasteiger partial charge in [-0.2, -0.15) is 23.3 Å². The molecule has 0 saturated carbocycles. The van der Waals surface area contributed by atoms with Crippen LogP contribution in [0.4, 0.5) is 19.1 Å². The summed E-state index contributed by atoms with van der Waals surface area (Å²) >= 11 is 6.62. The lowest BCUT2D eigenvalue weighted by atomic mass is 10.1. The van der Waals surface area contributed by atoms with Crippen LogP contribution in [0.5, 0.6) is 0 Å². The highest BCUT2D eigenvalue weighted by atomic mass is 35.5. The summed E-state index contributed by atoms with van der Waals surface area (Å²) in [4.78, 5) is 16.3. The first-order valence-electron chi connectivity index (χ1n) is 9.44. The molecule has 1 aliphatic heterocycles. The van der Waals surface area contributed by atoms with Crippen LogP contribution >= 0.6 is 11.6 Å². The lowest BCUT2D eigenvalue weighted by molar-refractivity contribution is -0.139. The number of H-pyrrole nitrogens is 1. The molecule has 1 fully saturated rings. The van der Waals surface area contributed by atoms with Gasteiger partial charge in [-0.1, -0.05) is 25.4 Å². The predicted molar refractivity (Wildman–Crippen MR) is 103 cm³/mol. The summed E-state index contributed by atoms with van der Waals surface area (Å²) in [6.45, 7) is 7.21. The standard InChI is InChI=1S/C18H21ClF3N7/c1-9(2)7-29-15(19)12(10(3)27-29)11-5-4-6-28(11)17-25-14(18(20,21)22)13-16(26-17)24-8-23-13/h8-9,11H,4-7H2,1-3H3,(H,23,24,25,26). The molecule has 1 saturated heterocycles. The van der Waals surface area contributed by atoms with E-state index in [0.717, 1.165) is 24.1 Å². The van der Waals surface area contributed by atoms with Crippen LogP contribution in [0.3, 0.4) is 0 Å². The first-order valence-corrected chi connectivity index (χ1v) is 9.82. The van der Waals surface area contributed by atoms with Crippen LogP contribution in [0.15, 0.2) is 6.33 Å². The fourth-order valence-corrected chi connectivity index (χ4v) is 4.24. The highest BCUT2D eigenvalue weighted by Crippen LogP contribution is 2.41. The molecule has 0 spiro atoms. The topological polar surface area (TPSA) is 75.5 Å². The minimum Gasteiger partial charge on any atom is -0.341 e. The van der Waals surface area contributed by atoms with Crippen LogP contribution in [0.2, 0.25) is 5.15 Å². The molecule has 29 heavy (non-hydrogen) atoms. The number of aryl methyl sites for hydroxylation is 1. The van der Waals surface area contributed by atoms with Crippen molar-refractivity contribution in [1.82, 2.24) is 29.7 Å². The molecule has 3 aromatic heterocycles. The average molecular weight is 428 g/mol. The molecule has 3 aromatic rings. The fraction of sp³-hybridized carbons (Fsp3) is 0.556. The number of aromatic nitrogens is 6. The van der Waals surface area contributed by atoms with Gasteiger partial charge in [0.2, 0.25) is 5.95 Å². The zero-order valence-electron chi connectivity index (χ0n) is 16.3. The largest absolute Gasteiger partial charge is 0.435 e. The number of alkyl halides is 3. The van der Waals surface area contributed by atoms with E-state index in [9.17, 15) is 13.2 Å². The second kappa shape index (κ2) is 7.16. The smallest absolute Gasteiger partial charge is 0.341 e. The van der Waals surface area contributed by atoms with E-state index in [1.165, 1.54) is 6.33 Å². The molecule has 0 bridgehead atoms. The number of nitrogens with zero attached hydrogens (tertiary/aromatic N) is 6. The Bertz CT molecular complexity index is 1040. The van der Waals surface area contributed by atoms with Gasteiger partial charge in [0, 0.05) is 18.7 Å². The van der Waals surface area contributed by atoms with E-state index >= 15 is 0 Å². The van der Waals surface area contributed by atoms with Crippen LogP contribution in [0, 0.1) is 12.8 Å². The van der Waals surface area contributed by atoms with Gasteiger partial charge in [-0.05, 0) is 25.7 Å². The number of imidazole rings is 1. The zero-order chi connectivity index (χ0) is 20.9. The van der Waals surface area contributed by atoms with E-state index in [1.54, 1.807) is 9.58 Å². The summed E-state index contributed by atoms with van der Waals surface area (Å²) in [6.07, 6.45) is -1.90. The number of fused-ring (bicyclic) bond motifs is 1. The average Bonchev–Trinajstić information content (AvgIpc) is 3.32. The zero-order valence-corrected chi connectivity index (χ0v) is 17.0. The van der Waals surface area contributed by atoms with E-state index in [0.29, 0.717) is 24.2 Å². The minimum absolute atomic E-state index is 0.00602. The molecular weight excluding hydrogens is 407 g/mol. The summed E-state index contributed by atoms with van der Waals surface area (Å²) in [7, 11) is 0. The molecular formula is C18H21ClF3N7. The van der Waals surface area contributed by atoms with Gasteiger partial charge >= 0.3 is 6.18 Å². The molecule has 0 radical (unpaired) electrons. The normalized spacial score (nSPS) is 17.8. The van der Waals surface area contributed by atoms with Gasteiger partial charge in [0.1, 0.15) is 10.7 Å². The van der Waals surface area contributed by atoms with Crippen LogP contribution in [-0.2, 0) is 12.7 Å². The van der Waals surface area contributed by atoms with Gasteiger partial charge < -0.3 is 9.88 Å². The second-order valence-electron chi connectivity index (χ2n) is 7.69. The number of rotatable bonds is 4. The number of halogens is 4. The number of hydrogen-bond donors (Lipinski definition) is 1. The summed E-state index contributed by atoms with van der Waals surface area (Å²) in [5.41, 5.74) is 0.356. The van der Waals surface area contributed by atoms with Crippen molar-refractivity contribution < 1.29 is 13.2 Å². The Hall–Kier alpha value is -2.36. The third-order valence-corrected chi connectivity index (χ3v) is 5.43. The quantitative estimate of drug-likeness (QED) is 0.662. The monoisotopic (exact) mass is 427 g/mol. The van der Waals surface area contributed by atoms with E-state index in [-0.39, 0.29) is 23.2 Å². The maximum atomic E-state index is 13.5. The van der Waals surface area contributed by atoms with E-state index < -0.39 is 11.9 Å². The maximum Gasteiger partial charge on any atom is 0.435 e. The molecule has 4 heterocycles. The summed E-state index contributed by atoms with van der Waals surface area (Å²) < 4.78 is 42.4.